The predicted octanol–water partition coefficient (Wildman–Crippen LogP) is 3.30. The lowest BCUT2D eigenvalue weighted by atomic mass is 10.2. The first kappa shape index (κ1) is 17.9. The molecule has 3 rings (SSSR count). The maximum absolute atomic E-state index is 12.7. The number of aromatic nitrogens is 4. The normalized spacial score (nSPS) is 11.6. The Bertz CT molecular complexity index is 964. The number of hydrogen-bond donors (Lipinski definition) is 0. The molecule has 0 atom stereocenters. The number of rotatable bonds is 3. The summed E-state index contributed by atoms with van der Waals surface area (Å²) in [5, 5.41) is 7.59. The summed E-state index contributed by atoms with van der Waals surface area (Å²) >= 11 is 5.90. The monoisotopic (exact) mass is 385 g/mol. The minimum atomic E-state index is -4.54. The number of halogens is 4. The first-order valence-corrected chi connectivity index (χ1v) is 7.51. The van der Waals surface area contributed by atoms with Crippen LogP contribution >= 0.6 is 11.6 Å². The van der Waals surface area contributed by atoms with E-state index in [-0.39, 0.29) is 22.5 Å². The van der Waals surface area contributed by atoms with E-state index in [1.54, 1.807) is 14.1 Å². The van der Waals surface area contributed by atoms with Gasteiger partial charge in [-0.05, 0) is 6.07 Å². The lowest BCUT2D eigenvalue weighted by Gasteiger charge is -2.08. The number of hydrogen-bond acceptors (Lipinski definition) is 5. The van der Waals surface area contributed by atoms with Crippen LogP contribution in [-0.2, 0) is 6.18 Å². The summed E-state index contributed by atoms with van der Waals surface area (Å²) in [6, 6.07) is 2.21. The SMILES string of the molecule is CN(C)C(=O)c1cc(-c2cnn(-c3ncc(C(F)(F)F)cc3Cl)c2)no1. The second-order valence-corrected chi connectivity index (χ2v) is 5.88. The maximum Gasteiger partial charge on any atom is 0.417 e. The molecular formula is C15H11ClF3N5O2. The van der Waals surface area contributed by atoms with Crippen molar-refractivity contribution in [3.8, 4) is 17.1 Å². The van der Waals surface area contributed by atoms with Gasteiger partial charge in [0.05, 0.1) is 16.8 Å². The summed E-state index contributed by atoms with van der Waals surface area (Å²) in [7, 11) is 3.14. The molecule has 0 bridgehead atoms. The molecule has 3 heterocycles. The zero-order valence-electron chi connectivity index (χ0n) is 13.5. The van der Waals surface area contributed by atoms with Crippen molar-refractivity contribution in [3.05, 3.63) is 47.1 Å². The molecule has 0 saturated carbocycles. The van der Waals surface area contributed by atoms with Gasteiger partial charge in [0.25, 0.3) is 5.91 Å². The Morgan fingerprint density at radius 1 is 1.27 bits per heavy atom. The summed E-state index contributed by atoms with van der Waals surface area (Å²) in [6.45, 7) is 0. The molecule has 0 aromatic carbocycles. The van der Waals surface area contributed by atoms with E-state index < -0.39 is 11.7 Å². The van der Waals surface area contributed by atoms with E-state index in [1.807, 2.05) is 0 Å². The number of amides is 1. The van der Waals surface area contributed by atoms with E-state index in [1.165, 1.54) is 28.0 Å². The Morgan fingerprint density at radius 3 is 2.62 bits per heavy atom. The van der Waals surface area contributed by atoms with E-state index in [2.05, 4.69) is 15.2 Å². The minimum absolute atomic E-state index is 0.0269. The van der Waals surface area contributed by atoms with Crippen molar-refractivity contribution in [2.24, 2.45) is 0 Å². The van der Waals surface area contributed by atoms with E-state index >= 15 is 0 Å². The van der Waals surface area contributed by atoms with E-state index in [4.69, 9.17) is 16.1 Å². The molecular weight excluding hydrogens is 375 g/mol. The topological polar surface area (TPSA) is 77.1 Å². The zero-order chi connectivity index (χ0) is 19.1. The fraction of sp³-hybridized carbons (Fsp3) is 0.200. The van der Waals surface area contributed by atoms with E-state index in [9.17, 15) is 18.0 Å². The van der Waals surface area contributed by atoms with Crippen LogP contribution in [0.4, 0.5) is 13.2 Å². The van der Waals surface area contributed by atoms with Crippen LogP contribution in [-0.4, -0.2) is 44.8 Å². The van der Waals surface area contributed by atoms with Gasteiger partial charge in [0, 0.05) is 38.1 Å². The summed E-state index contributed by atoms with van der Waals surface area (Å²) in [5.41, 5.74) is -0.143. The van der Waals surface area contributed by atoms with Crippen molar-refractivity contribution in [1.82, 2.24) is 24.8 Å². The molecule has 0 spiro atoms. The molecule has 0 aliphatic rings. The Hall–Kier alpha value is -2.88. The highest BCUT2D eigenvalue weighted by Crippen LogP contribution is 2.32. The van der Waals surface area contributed by atoms with Crippen molar-refractivity contribution in [1.29, 1.82) is 0 Å². The molecule has 3 aromatic rings. The lowest BCUT2D eigenvalue weighted by molar-refractivity contribution is -0.137. The number of nitrogens with zero attached hydrogens (tertiary/aromatic N) is 5. The van der Waals surface area contributed by atoms with Crippen LogP contribution in [0.3, 0.4) is 0 Å². The van der Waals surface area contributed by atoms with Crippen molar-refractivity contribution in [3.63, 3.8) is 0 Å². The fourth-order valence-corrected chi connectivity index (χ4v) is 2.31. The third-order valence-corrected chi connectivity index (χ3v) is 3.65. The van der Waals surface area contributed by atoms with Crippen molar-refractivity contribution in [2.75, 3.05) is 14.1 Å². The average Bonchev–Trinajstić information content (AvgIpc) is 3.22. The summed E-state index contributed by atoms with van der Waals surface area (Å²) in [6.07, 6.45) is -1.01. The molecule has 136 valence electrons. The maximum atomic E-state index is 12.7. The number of carbonyl (C=O) groups is 1. The van der Waals surface area contributed by atoms with Gasteiger partial charge in [0.15, 0.2) is 5.82 Å². The Morgan fingerprint density at radius 2 is 2.00 bits per heavy atom. The highest BCUT2D eigenvalue weighted by atomic mass is 35.5. The largest absolute Gasteiger partial charge is 0.417 e. The van der Waals surface area contributed by atoms with Crippen LogP contribution in [0, 0.1) is 0 Å². The standard InChI is InChI=1S/C15H11ClF3N5O2/c1-23(2)14(25)12-4-11(22-26-12)8-5-21-24(7-8)13-10(16)3-9(6-20-13)15(17,18)19/h3-7H,1-2H3. The van der Waals surface area contributed by atoms with Crippen LogP contribution in [0.25, 0.3) is 17.1 Å². The second kappa shape index (κ2) is 6.45. The Balaban J connectivity index is 1.90. The second-order valence-electron chi connectivity index (χ2n) is 5.48. The van der Waals surface area contributed by atoms with Crippen LogP contribution in [0.2, 0.25) is 5.02 Å². The fourth-order valence-electron chi connectivity index (χ4n) is 2.06. The van der Waals surface area contributed by atoms with Gasteiger partial charge in [-0.1, -0.05) is 16.8 Å². The van der Waals surface area contributed by atoms with Crippen molar-refractivity contribution >= 4 is 17.5 Å². The third kappa shape index (κ3) is 3.40. The molecule has 3 aromatic heterocycles. The molecule has 0 unspecified atom stereocenters. The third-order valence-electron chi connectivity index (χ3n) is 3.37. The molecule has 0 fully saturated rings. The van der Waals surface area contributed by atoms with Gasteiger partial charge in [0.2, 0.25) is 5.76 Å². The van der Waals surface area contributed by atoms with E-state index in [0.29, 0.717) is 17.5 Å². The number of pyridine rings is 1. The van der Waals surface area contributed by atoms with Gasteiger partial charge in [-0.3, -0.25) is 4.79 Å². The van der Waals surface area contributed by atoms with Crippen LogP contribution in [0.5, 0.6) is 0 Å². The smallest absolute Gasteiger partial charge is 0.350 e. The van der Waals surface area contributed by atoms with Gasteiger partial charge < -0.3 is 9.42 Å². The van der Waals surface area contributed by atoms with Crippen LogP contribution in [0.15, 0.2) is 35.2 Å². The van der Waals surface area contributed by atoms with Gasteiger partial charge >= 0.3 is 6.18 Å². The quantitative estimate of drug-likeness (QED) is 0.691. The minimum Gasteiger partial charge on any atom is -0.350 e. The molecule has 26 heavy (non-hydrogen) atoms. The molecule has 0 N–H and O–H groups in total. The Labute approximate surface area is 150 Å². The Kier molecular flexibility index (Phi) is 4.45. The molecule has 11 heteroatoms. The van der Waals surface area contributed by atoms with Gasteiger partial charge in [-0.2, -0.15) is 18.3 Å². The molecule has 1 amide bonds. The molecule has 7 nitrogen and oxygen atoms in total. The van der Waals surface area contributed by atoms with Crippen molar-refractivity contribution in [2.45, 2.75) is 6.18 Å². The van der Waals surface area contributed by atoms with Gasteiger partial charge in [-0.25, -0.2) is 9.67 Å². The molecule has 0 aliphatic carbocycles. The first-order chi connectivity index (χ1) is 12.2. The zero-order valence-corrected chi connectivity index (χ0v) is 14.2. The number of carbonyl (C=O) groups excluding carboxylic acids is 1. The summed E-state index contributed by atoms with van der Waals surface area (Å²) < 4.78 is 44.2. The van der Waals surface area contributed by atoms with Gasteiger partial charge in [0.1, 0.15) is 5.69 Å². The molecule has 0 aliphatic heterocycles. The predicted molar refractivity (Wildman–Crippen MR) is 84.9 cm³/mol. The highest BCUT2D eigenvalue weighted by molar-refractivity contribution is 6.32. The van der Waals surface area contributed by atoms with Crippen LogP contribution < -0.4 is 0 Å². The van der Waals surface area contributed by atoms with Crippen molar-refractivity contribution < 1.29 is 22.5 Å². The van der Waals surface area contributed by atoms with Crippen LogP contribution in [0.1, 0.15) is 16.1 Å². The summed E-state index contributed by atoms with van der Waals surface area (Å²) in [4.78, 5) is 16.9. The molecule has 0 radical (unpaired) electrons. The summed E-state index contributed by atoms with van der Waals surface area (Å²) in [5.74, 6) is -0.286. The molecule has 0 saturated heterocycles. The van der Waals surface area contributed by atoms with E-state index in [0.717, 1.165) is 6.07 Å². The van der Waals surface area contributed by atoms with Gasteiger partial charge in [-0.15, -0.1) is 0 Å². The number of alkyl halides is 3. The first-order valence-electron chi connectivity index (χ1n) is 7.13. The lowest BCUT2D eigenvalue weighted by Crippen LogP contribution is -2.20. The average molecular weight is 386 g/mol. The highest BCUT2D eigenvalue weighted by Gasteiger charge is 2.31.